The van der Waals surface area contributed by atoms with Gasteiger partial charge in [0.1, 0.15) is 0 Å². The third-order valence-electron chi connectivity index (χ3n) is 3.87. The Labute approximate surface area is 153 Å². The standard InChI is InChI=1S/C18H22N2O3S2/c1-13(2)20(3)25(22,23)17-11-5-14(6-12-17)18(21)19-15-7-9-16(24-4)10-8-15/h5-13H,1-4H3,(H,19,21). The van der Waals surface area contributed by atoms with Gasteiger partial charge in [0.25, 0.3) is 5.91 Å². The van der Waals surface area contributed by atoms with Crippen molar-refractivity contribution in [2.24, 2.45) is 0 Å². The molecule has 1 N–H and O–H groups in total. The van der Waals surface area contributed by atoms with Crippen molar-refractivity contribution in [2.45, 2.75) is 29.7 Å². The number of nitrogens with zero attached hydrogens (tertiary/aromatic N) is 1. The highest BCUT2D eigenvalue weighted by atomic mass is 32.2. The van der Waals surface area contributed by atoms with Crippen LogP contribution in [0.4, 0.5) is 5.69 Å². The van der Waals surface area contributed by atoms with Gasteiger partial charge in [-0.3, -0.25) is 4.79 Å². The molecule has 25 heavy (non-hydrogen) atoms. The lowest BCUT2D eigenvalue weighted by molar-refractivity contribution is 0.102. The summed E-state index contributed by atoms with van der Waals surface area (Å²) < 4.78 is 26.2. The van der Waals surface area contributed by atoms with Crippen LogP contribution >= 0.6 is 11.8 Å². The number of sulfonamides is 1. The van der Waals surface area contributed by atoms with Gasteiger partial charge in [0.2, 0.25) is 10.0 Å². The van der Waals surface area contributed by atoms with Crippen LogP contribution in [0.1, 0.15) is 24.2 Å². The highest BCUT2D eigenvalue weighted by Gasteiger charge is 2.23. The van der Waals surface area contributed by atoms with E-state index in [1.807, 2.05) is 44.4 Å². The van der Waals surface area contributed by atoms with Crippen LogP contribution in [0.2, 0.25) is 0 Å². The smallest absolute Gasteiger partial charge is 0.255 e. The summed E-state index contributed by atoms with van der Waals surface area (Å²) in [6.07, 6.45) is 1.99. The van der Waals surface area contributed by atoms with Crippen LogP contribution in [0, 0.1) is 0 Å². The van der Waals surface area contributed by atoms with Gasteiger partial charge in [0.05, 0.1) is 4.90 Å². The molecule has 0 aliphatic carbocycles. The minimum Gasteiger partial charge on any atom is -0.322 e. The first kappa shape index (κ1) is 19.5. The third-order valence-corrected chi connectivity index (χ3v) is 6.66. The fourth-order valence-electron chi connectivity index (χ4n) is 2.10. The molecule has 7 heteroatoms. The van der Waals surface area contributed by atoms with Gasteiger partial charge in [-0.25, -0.2) is 8.42 Å². The van der Waals surface area contributed by atoms with Crippen LogP contribution in [0.3, 0.4) is 0 Å². The van der Waals surface area contributed by atoms with Gasteiger partial charge < -0.3 is 5.32 Å². The minimum atomic E-state index is -3.55. The van der Waals surface area contributed by atoms with Crippen LogP contribution in [0.25, 0.3) is 0 Å². The van der Waals surface area contributed by atoms with E-state index < -0.39 is 10.0 Å². The molecule has 1 amide bonds. The second kappa shape index (κ2) is 8.03. The maximum Gasteiger partial charge on any atom is 0.255 e. The molecule has 0 atom stereocenters. The van der Waals surface area contributed by atoms with Gasteiger partial charge in [-0.05, 0) is 68.6 Å². The SMILES string of the molecule is CSc1ccc(NC(=O)c2ccc(S(=O)(=O)N(C)C(C)C)cc2)cc1. The number of nitrogens with one attached hydrogen (secondary N) is 1. The molecule has 0 bridgehead atoms. The van der Waals surface area contributed by atoms with Crippen LogP contribution in [0.15, 0.2) is 58.3 Å². The molecular formula is C18H22N2O3S2. The van der Waals surface area contributed by atoms with E-state index in [9.17, 15) is 13.2 Å². The molecule has 0 aliphatic rings. The van der Waals surface area contributed by atoms with Crippen LogP contribution in [0.5, 0.6) is 0 Å². The Morgan fingerprint density at radius 3 is 2.08 bits per heavy atom. The van der Waals surface area contributed by atoms with Gasteiger partial charge in [-0.2, -0.15) is 4.31 Å². The van der Waals surface area contributed by atoms with Crippen molar-refractivity contribution >= 4 is 33.4 Å². The number of rotatable bonds is 6. The summed E-state index contributed by atoms with van der Waals surface area (Å²) >= 11 is 1.63. The number of benzene rings is 2. The van der Waals surface area contributed by atoms with Gasteiger partial charge >= 0.3 is 0 Å². The Morgan fingerprint density at radius 1 is 1.04 bits per heavy atom. The molecule has 0 saturated carbocycles. The average molecular weight is 379 g/mol. The van der Waals surface area contributed by atoms with Crippen molar-refractivity contribution in [3.8, 4) is 0 Å². The Balaban J connectivity index is 2.14. The van der Waals surface area contributed by atoms with E-state index in [0.29, 0.717) is 11.3 Å². The Bertz CT molecular complexity index is 830. The normalized spacial score (nSPS) is 11.8. The van der Waals surface area contributed by atoms with Crippen molar-refractivity contribution in [2.75, 3.05) is 18.6 Å². The quantitative estimate of drug-likeness (QED) is 0.779. The zero-order valence-electron chi connectivity index (χ0n) is 14.7. The highest BCUT2D eigenvalue weighted by Crippen LogP contribution is 2.20. The summed E-state index contributed by atoms with van der Waals surface area (Å²) in [5.41, 5.74) is 1.10. The van der Waals surface area contributed by atoms with Crippen molar-refractivity contribution in [1.29, 1.82) is 0 Å². The summed E-state index contributed by atoms with van der Waals surface area (Å²) in [4.78, 5) is 13.6. The van der Waals surface area contributed by atoms with Gasteiger partial charge in [0.15, 0.2) is 0 Å². The van der Waals surface area contributed by atoms with E-state index in [1.54, 1.807) is 18.8 Å². The second-order valence-electron chi connectivity index (χ2n) is 5.82. The average Bonchev–Trinajstić information content (AvgIpc) is 2.61. The van der Waals surface area contributed by atoms with Crippen molar-refractivity contribution in [3.05, 3.63) is 54.1 Å². The molecule has 0 aromatic heterocycles. The van der Waals surface area contributed by atoms with Crippen molar-refractivity contribution in [3.63, 3.8) is 0 Å². The summed E-state index contributed by atoms with van der Waals surface area (Å²) in [5, 5.41) is 2.80. The molecule has 0 heterocycles. The molecule has 0 radical (unpaired) electrons. The zero-order valence-corrected chi connectivity index (χ0v) is 16.3. The molecular weight excluding hydrogens is 356 g/mol. The van der Waals surface area contributed by atoms with E-state index >= 15 is 0 Å². The monoisotopic (exact) mass is 378 g/mol. The lowest BCUT2D eigenvalue weighted by Gasteiger charge is -2.21. The molecule has 0 saturated heterocycles. The number of hydrogen-bond acceptors (Lipinski definition) is 4. The molecule has 0 unspecified atom stereocenters. The minimum absolute atomic E-state index is 0.141. The Morgan fingerprint density at radius 2 is 1.60 bits per heavy atom. The predicted molar refractivity (Wildman–Crippen MR) is 103 cm³/mol. The van der Waals surface area contributed by atoms with Gasteiger partial charge in [-0.15, -0.1) is 11.8 Å². The fourth-order valence-corrected chi connectivity index (χ4v) is 3.88. The van der Waals surface area contributed by atoms with E-state index in [4.69, 9.17) is 0 Å². The third kappa shape index (κ3) is 4.62. The highest BCUT2D eigenvalue weighted by molar-refractivity contribution is 7.98. The topological polar surface area (TPSA) is 66.5 Å². The zero-order chi connectivity index (χ0) is 18.6. The lowest BCUT2D eigenvalue weighted by Crippen LogP contribution is -2.33. The first-order valence-corrected chi connectivity index (χ1v) is 10.5. The molecule has 2 aromatic rings. The summed E-state index contributed by atoms with van der Waals surface area (Å²) in [7, 11) is -2.01. The molecule has 2 aromatic carbocycles. The lowest BCUT2D eigenvalue weighted by atomic mass is 10.2. The van der Waals surface area contributed by atoms with Crippen LogP contribution < -0.4 is 5.32 Å². The molecule has 0 spiro atoms. The summed E-state index contributed by atoms with van der Waals surface area (Å²) in [6, 6.07) is 13.3. The van der Waals surface area contributed by atoms with E-state index in [1.165, 1.54) is 28.6 Å². The molecule has 134 valence electrons. The first-order chi connectivity index (χ1) is 11.8. The molecule has 2 rings (SSSR count). The molecule has 0 aliphatic heterocycles. The number of thioether (sulfide) groups is 1. The first-order valence-electron chi connectivity index (χ1n) is 7.79. The summed E-state index contributed by atoms with van der Waals surface area (Å²) in [5.74, 6) is -0.280. The molecule has 0 fully saturated rings. The van der Waals surface area contributed by atoms with Crippen molar-refractivity contribution < 1.29 is 13.2 Å². The van der Waals surface area contributed by atoms with Gasteiger partial charge in [-0.1, -0.05) is 0 Å². The number of anilines is 1. The van der Waals surface area contributed by atoms with Crippen molar-refractivity contribution in [1.82, 2.24) is 4.31 Å². The number of carbonyl (C=O) groups is 1. The number of carbonyl (C=O) groups excluding carboxylic acids is 1. The van der Waals surface area contributed by atoms with Crippen LogP contribution in [-0.4, -0.2) is 38.0 Å². The maximum atomic E-state index is 12.4. The predicted octanol–water partition coefficient (Wildman–Crippen LogP) is 3.69. The Hall–Kier alpha value is -1.83. The van der Waals surface area contributed by atoms with E-state index in [0.717, 1.165) is 4.90 Å². The maximum absolute atomic E-state index is 12.4. The Kier molecular flexibility index (Phi) is 6.26. The fraction of sp³-hybridized carbons (Fsp3) is 0.278. The summed E-state index contributed by atoms with van der Waals surface area (Å²) in [6.45, 7) is 3.61. The van der Waals surface area contributed by atoms with Crippen LogP contribution in [-0.2, 0) is 10.0 Å². The van der Waals surface area contributed by atoms with E-state index in [-0.39, 0.29) is 16.8 Å². The number of hydrogen-bond donors (Lipinski definition) is 1. The largest absolute Gasteiger partial charge is 0.322 e. The molecule has 5 nitrogen and oxygen atoms in total. The van der Waals surface area contributed by atoms with E-state index in [2.05, 4.69) is 5.32 Å². The second-order valence-corrected chi connectivity index (χ2v) is 8.70. The van der Waals surface area contributed by atoms with Gasteiger partial charge in [0, 0.05) is 29.2 Å². The number of amides is 1.